The van der Waals surface area contributed by atoms with E-state index >= 15 is 0 Å². The third-order valence-corrected chi connectivity index (χ3v) is 6.00. The van der Waals surface area contributed by atoms with Gasteiger partial charge in [-0.25, -0.2) is 15.0 Å². The number of nitrogens with one attached hydrogen (secondary N) is 1. The summed E-state index contributed by atoms with van der Waals surface area (Å²) in [6.07, 6.45) is 8.33. The minimum absolute atomic E-state index is 0.0215. The van der Waals surface area contributed by atoms with Gasteiger partial charge in [-0.1, -0.05) is 0 Å². The third-order valence-electron chi connectivity index (χ3n) is 6.00. The van der Waals surface area contributed by atoms with Crippen LogP contribution in [0.5, 0.6) is 0 Å². The molecule has 5 rings (SSSR count). The van der Waals surface area contributed by atoms with E-state index in [1.165, 1.54) is 6.33 Å². The van der Waals surface area contributed by atoms with Crippen LogP contribution >= 0.6 is 0 Å². The number of anilines is 1. The SMILES string of the molecule is Cc1oc2ncnc(NC3(C)CC3)c2c1C(=O)N1CCC(c2nccn2C)C1. The van der Waals surface area contributed by atoms with Crippen molar-refractivity contribution in [3.05, 3.63) is 35.9 Å². The summed E-state index contributed by atoms with van der Waals surface area (Å²) in [7, 11) is 1.99. The fourth-order valence-corrected chi connectivity index (χ4v) is 4.08. The summed E-state index contributed by atoms with van der Waals surface area (Å²) in [5, 5.41) is 4.17. The van der Waals surface area contributed by atoms with Crippen molar-refractivity contribution in [3.63, 3.8) is 0 Å². The number of carbonyl (C=O) groups is 1. The maximum absolute atomic E-state index is 13.4. The predicted octanol–water partition coefficient (Wildman–Crippen LogP) is 2.86. The second-order valence-corrected chi connectivity index (χ2v) is 8.25. The lowest BCUT2D eigenvalue weighted by atomic mass is 10.1. The molecule has 1 amide bonds. The first-order chi connectivity index (χ1) is 13.5. The molecule has 1 saturated carbocycles. The first-order valence-corrected chi connectivity index (χ1v) is 9.74. The number of likely N-dealkylation sites (tertiary alicyclic amines) is 1. The molecule has 8 heteroatoms. The fraction of sp³-hybridized carbons (Fsp3) is 0.500. The monoisotopic (exact) mass is 380 g/mol. The van der Waals surface area contributed by atoms with E-state index in [9.17, 15) is 4.79 Å². The van der Waals surface area contributed by atoms with Gasteiger partial charge in [0.05, 0.1) is 10.9 Å². The summed E-state index contributed by atoms with van der Waals surface area (Å²) in [4.78, 5) is 28.5. The Morgan fingerprint density at radius 1 is 1.32 bits per heavy atom. The Bertz CT molecular complexity index is 1060. The average Bonchev–Trinajstić information content (AvgIpc) is 3.06. The van der Waals surface area contributed by atoms with Crippen molar-refractivity contribution < 1.29 is 9.21 Å². The summed E-state index contributed by atoms with van der Waals surface area (Å²) in [6, 6.07) is 0. The first kappa shape index (κ1) is 17.2. The van der Waals surface area contributed by atoms with Crippen LogP contribution in [0.4, 0.5) is 5.82 Å². The highest BCUT2D eigenvalue weighted by Crippen LogP contribution is 2.40. The maximum Gasteiger partial charge on any atom is 0.258 e. The molecule has 2 aliphatic rings. The minimum Gasteiger partial charge on any atom is -0.442 e. The number of fused-ring (bicyclic) bond motifs is 1. The standard InChI is InChI=1S/C20H24N6O2/c1-12-14(15-16(24-20(2)5-6-20)22-11-23-18(15)28-12)19(27)26-8-4-13(10-26)17-21-7-9-25(17)3/h7,9,11,13H,4-6,8,10H2,1-3H3,(H,22,23,24). The molecule has 1 aliphatic carbocycles. The fourth-order valence-electron chi connectivity index (χ4n) is 4.08. The summed E-state index contributed by atoms with van der Waals surface area (Å²) >= 11 is 0. The van der Waals surface area contributed by atoms with Crippen LogP contribution in [0.25, 0.3) is 11.1 Å². The maximum atomic E-state index is 13.4. The molecule has 1 unspecified atom stereocenters. The van der Waals surface area contributed by atoms with Gasteiger partial charge in [0.1, 0.15) is 23.7 Å². The van der Waals surface area contributed by atoms with Crippen molar-refractivity contribution in [1.29, 1.82) is 0 Å². The molecule has 8 nitrogen and oxygen atoms in total. The molecule has 146 valence electrons. The lowest BCUT2D eigenvalue weighted by Gasteiger charge is -2.17. The van der Waals surface area contributed by atoms with Crippen LogP contribution in [0.15, 0.2) is 23.1 Å². The van der Waals surface area contributed by atoms with Gasteiger partial charge in [0.25, 0.3) is 5.91 Å². The molecule has 0 radical (unpaired) electrons. The second-order valence-electron chi connectivity index (χ2n) is 8.25. The number of rotatable bonds is 4. The number of nitrogens with zero attached hydrogens (tertiary/aromatic N) is 5. The van der Waals surface area contributed by atoms with Crippen LogP contribution in [-0.4, -0.2) is 49.0 Å². The van der Waals surface area contributed by atoms with Gasteiger partial charge in [-0.15, -0.1) is 0 Å². The molecule has 0 aromatic carbocycles. The number of amides is 1. The Labute approximate surface area is 163 Å². The van der Waals surface area contributed by atoms with Gasteiger partial charge in [0.2, 0.25) is 5.71 Å². The van der Waals surface area contributed by atoms with E-state index in [1.54, 1.807) is 6.20 Å². The van der Waals surface area contributed by atoms with E-state index in [0.717, 1.165) is 25.1 Å². The highest BCUT2D eigenvalue weighted by atomic mass is 16.3. The second kappa shape index (κ2) is 6.05. The smallest absolute Gasteiger partial charge is 0.258 e. The van der Waals surface area contributed by atoms with Gasteiger partial charge in [0.15, 0.2) is 0 Å². The summed E-state index contributed by atoms with van der Waals surface area (Å²) < 4.78 is 7.85. The van der Waals surface area contributed by atoms with Gasteiger partial charge >= 0.3 is 0 Å². The summed E-state index contributed by atoms with van der Waals surface area (Å²) in [6.45, 7) is 5.34. The van der Waals surface area contributed by atoms with Crippen molar-refractivity contribution >= 4 is 22.8 Å². The van der Waals surface area contributed by atoms with Crippen LogP contribution in [0.3, 0.4) is 0 Å². The van der Waals surface area contributed by atoms with E-state index in [0.29, 0.717) is 41.3 Å². The number of aromatic nitrogens is 4. The van der Waals surface area contributed by atoms with Crippen LogP contribution in [0, 0.1) is 6.92 Å². The van der Waals surface area contributed by atoms with Crippen molar-refractivity contribution in [3.8, 4) is 0 Å². The summed E-state index contributed by atoms with van der Waals surface area (Å²) in [5.41, 5.74) is 1.08. The van der Waals surface area contributed by atoms with Crippen molar-refractivity contribution in [2.45, 2.75) is 44.6 Å². The number of furan rings is 1. The third kappa shape index (κ3) is 2.75. The normalized spacial score (nSPS) is 20.7. The molecule has 0 spiro atoms. The van der Waals surface area contributed by atoms with Gasteiger partial charge < -0.3 is 19.2 Å². The van der Waals surface area contributed by atoms with E-state index in [2.05, 4.69) is 27.2 Å². The van der Waals surface area contributed by atoms with Crippen LogP contribution in [-0.2, 0) is 7.05 Å². The number of hydrogen-bond acceptors (Lipinski definition) is 6. The number of carbonyl (C=O) groups excluding carboxylic acids is 1. The predicted molar refractivity (Wildman–Crippen MR) is 104 cm³/mol. The highest BCUT2D eigenvalue weighted by molar-refractivity contribution is 6.10. The van der Waals surface area contributed by atoms with Gasteiger partial charge in [-0.3, -0.25) is 4.79 Å². The van der Waals surface area contributed by atoms with Crippen LogP contribution in [0.2, 0.25) is 0 Å². The van der Waals surface area contributed by atoms with Gasteiger partial charge in [0, 0.05) is 44.0 Å². The molecule has 3 aromatic heterocycles. The number of aryl methyl sites for hydroxylation is 2. The molecule has 1 N–H and O–H groups in total. The van der Waals surface area contributed by atoms with Crippen molar-refractivity contribution in [1.82, 2.24) is 24.4 Å². The molecule has 2 fully saturated rings. The zero-order valence-corrected chi connectivity index (χ0v) is 16.4. The topological polar surface area (TPSA) is 89.1 Å². The molecule has 3 aromatic rings. The average molecular weight is 380 g/mol. The van der Waals surface area contributed by atoms with Crippen LogP contribution < -0.4 is 5.32 Å². The highest BCUT2D eigenvalue weighted by Gasteiger charge is 2.39. The summed E-state index contributed by atoms with van der Waals surface area (Å²) in [5.74, 6) is 2.53. The largest absolute Gasteiger partial charge is 0.442 e. The van der Waals surface area contributed by atoms with E-state index in [1.807, 2.05) is 29.6 Å². The minimum atomic E-state index is -0.0215. The Morgan fingerprint density at radius 3 is 2.86 bits per heavy atom. The molecular formula is C20H24N6O2. The van der Waals surface area contributed by atoms with E-state index in [4.69, 9.17) is 4.42 Å². The Hall–Kier alpha value is -2.90. The van der Waals surface area contributed by atoms with Crippen molar-refractivity contribution in [2.24, 2.45) is 7.05 Å². The zero-order chi connectivity index (χ0) is 19.5. The van der Waals surface area contributed by atoms with E-state index < -0.39 is 0 Å². The quantitative estimate of drug-likeness (QED) is 0.749. The molecule has 1 saturated heterocycles. The van der Waals surface area contributed by atoms with Gasteiger partial charge in [-0.2, -0.15) is 0 Å². The Morgan fingerprint density at radius 2 is 2.14 bits per heavy atom. The lowest BCUT2D eigenvalue weighted by Crippen LogP contribution is -2.29. The molecule has 1 atom stereocenters. The number of hydrogen-bond donors (Lipinski definition) is 1. The lowest BCUT2D eigenvalue weighted by molar-refractivity contribution is 0.0790. The molecular weight excluding hydrogens is 356 g/mol. The van der Waals surface area contributed by atoms with Gasteiger partial charge in [-0.05, 0) is 33.1 Å². The Kier molecular flexibility index (Phi) is 3.72. The Balaban J connectivity index is 1.48. The van der Waals surface area contributed by atoms with Crippen LogP contribution in [0.1, 0.15) is 54.0 Å². The zero-order valence-electron chi connectivity index (χ0n) is 16.4. The molecule has 4 heterocycles. The molecule has 1 aliphatic heterocycles. The molecule has 0 bridgehead atoms. The first-order valence-electron chi connectivity index (χ1n) is 9.74. The van der Waals surface area contributed by atoms with E-state index in [-0.39, 0.29) is 17.4 Å². The number of imidazole rings is 1. The molecule has 28 heavy (non-hydrogen) atoms. The van der Waals surface area contributed by atoms with Crippen molar-refractivity contribution in [2.75, 3.05) is 18.4 Å².